The third-order valence-electron chi connectivity index (χ3n) is 2.83. The van der Waals surface area contributed by atoms with E-state index in [1.807, 2.05) is 12.3 Å². The summed E-state index contributed by atoms with van der Waals surface area (Å²) in [6, 6.07) is 1.92. The zero-order valence-electron chi connectivity index (χ0n) is 10.8. The Bertz CT molecular complexity index is 477. The normalized spacial score (nSPS) is 12.9. The van der Waals surface area contributed by atoms with Crippen molar-refractivity contribution in [3.05, 3.63) is 42.5 Å². The van der Waals surface area contributed by atoms with Crippen LogP contribution in [0.2, 0.25) is 0 Å². The first-order valence-corrected chi connectivity index (χ1v) is 6.17. The highest BCUT2D eigenvalue weighted by Gasteiger charge is 2.13. The molecule has 5 nitrogen and oxygen atoms in total. The van der Waals surface area contributed by atoms with Crippen molar-refractivity contribution >= 4 is 0 Å². The molecule has 0 saturated carbocycles. The van der Waals surface area contributed by atoms with Crippen LogP contribution in [-0.4, -0.2) is 19.5 Å². The molecule has 2 heterocycles. The van der Waals surface area contributed by atoms with Gasteiger partial charge in [-0.2, -0.15) is 0 Å². The average Bonchev–Trinajstić information content (AvgIpc) is 2.77. The van der Waals surface area contributed by atoms with Crippen molar-refractivity contribution in [2.75, 3.05) is 0 Å². The molecular formula is C13H19N5. The first-order chi connectivity index (χ1) is 8.66. The number of hydrogen-bond donors (Lipinski definition) is 1. The van der Waals surface area contributed by atoms with E-state index in [2.05, 4.69) is 33.4 Å². The van der Waals surface area contributed by atoms with Gasteiger partial charge < -0.3 is 10.3 Å². The van der Waals surface area contributed by atoms with E-state index >= 15 is 0 Å². The van der Waals surface area contributed by atoms with E-state index in [-0.39, 0.29) is 6.04 Å². The van der Waals surface area contributed by atoms with Crippen molar-refractivity contribution in [3.8, 4) is 0 Å². The Kier molecular flexibility index (Phi) is 4.04. The number of aromatic nitrogens is 4. The standard InChI is InChI=1S/C13H19N5/c1-10(2)5-12(14)13-6-16-9-18(13)7-11-3-4-15-8-17-11/h3-4,6,8-10,12H,5,7,14H2,1-2H3. The second kappa shape index (κ2) is 5.73. The lowest BCUT2D eigenvalue weighted by Crippen LogP contribution is -2.17. The van der Waals surface area contributed by atoms with Gasteiger partial charge in [-0.1, -0.05) is 13.8 Å². The number of nitrogens with two attached hydrogens (primary N) is 1. The van der Waals surface area contributed by atoms with Gasteiger partial charge >= 0.3 is 0 Å². The predicted molar refractivity (Wildman–Crippen MR) is 69.7 cm³/mol. The van der Waals surface area contributed by atoms with E-state index in [1.54, 1.807) is 18.9 Å². The van der Waals surface area contributed by atoms with E-state index in [4.69, 9.17) is 5.73 Å². The Hall–Kier alpha value is -1.75. The molecule has 2 aromatic rings. The molecule has 0 spiro atoms. The summed E-state index contributed by atoms with van der Waals surface area (Å²) in [4.78, 5) is 12.3. The molecule has 5 heteroatoms. The van der Waals surface area contributed by atoms with Gasteiger partial charge in [-0.3, -0.25) is 0 Å². The lowest BCUT2D eigenvalue weighted by atomic mass is 10.0. The van der Waals surface area contributed by atoms with Gasteiger partial charge in [0.1, 0.15) is 6.33 Å². The highest BCUT2D eigenvalue weighted by atomic mass is 15.1. The molecule has 0 radical (unpaired) electrons. The Balaban J connectivity index is 2.13. The van der Waals surface area contributed by atoms with Crippen LogP contribution in [0.15, 0.2) is 31.1 Å². The molecule has 0 bridgehead atoms. The summed E-state index contributed by atoms with van der Waals surface area (Å²) in [6.45, 7) is 5.03. The molecule has 0 aliphatic rings. The maximum absolute atomic E-state index is 6.20. The highest BCUT2D eigenvalue weighted by Crippen LogP contribution is 2.18. The van der Waals surface area contributed by atoms with Crippen LogP contribution in [0.5, 0.6) is 0 Å². The molecule has 1 unspecified atom stereocenters. The van der Waals surface area contributed by atoms with Crippen LogP contribution in [0.3, 0.4) is 0 Å². The van der Waals surface area contributed by atoms with Crippen LogP contribution in [0.1, 0.15) is 37.7 Å². The van der Waals surface area contributed by atoms with Crippen molar-refractivity contribution in [1.82, 2.24) is 19.5 Å². The van der Waals surface area contributed by atoms with Crippen LogP contribution in [0.25, 0.3) is 0 Å². The molecule has 18 heavy (non-hydrogen) atoms. The fourth-order valence-electron chi connectivity index (χ4n) is 1.99. The summed E-state index contributed by atoms with van der Waals surface area (Å²) >= 11 is 0. The zero-order chi connectivity index (χ0) is 13.0. The summed E-state index contributed by atoms with van der Waals surface area (Å²) in [5.74, 6) is 0.572. The summed E-state index contributed by atoms with van der Waals surface area (Å²) in [6.07, 6.45) is 7.90. The maximum atomic E-state index is 6.20. The molecule has 2 aromatic heterocycles. The molecule has 2 N–H and O–H groups in total. The van der Waals surface area contributed by atoms with Gasteiger partial charge in [0.25, 0.3) is 0 Å². The van der Waals surface area contributed by atoms with Gasteiger partial charge in [-0.25, -0.2) is 15.0 Å². The second-order valence-electron chi connectivity index (χ2n) is 4.88. The monoisotopic (exact) mass is 245 g/mol. The van der Waals surface area contributed by atoms with Crippen molar-refractivity contribution in [2.45, 2.75) is 32.9 Å². The van der Waals surface area contributed by atoms with E-state index in [1.165, 1.54) is 0 Å². The Morgan fingerprint density at radius 3 is 2.83 bits per heavy atom. The molecule has 0 amide bonds. The van der Waals surface area contributed by atoms with Gasteiger partial charge in [-0.15, -0.1) is 0 Å². The van der Waals surface area contributed by atoms with E-state index < -0.39 is 0 Å². The summed E-state index contributed by atoms with van der Waals surface area (Å²) in [5, 5.41) is 0. The minimum absolute atomic E-state index is 0.0225. The molecule has 0 saturated heterocycles. The topological polar surface area (TPSA) is 69.6 Å². The smallest absolute Gasteiger partial charge is 0.115 e. The number of imidazole rings is 1. The second-order valence-corrected chi connectivity index (χ2v) is 4.88. The molecule has 96 valence electrons. The van der Waals surface area contributed by atoms with Gasteiger partial charge in [0.15, 0.2) is 0 Å². The van der Waals surface area contributed by atoms with Gasteiger partial charge in [0.05, 0.1) is 24.3 Å². The predicted octanol–water partition coefficient (Wildman–Crippen LogP) is 1.77. The van der Waals surface area contributed by atoms with Crippen molar-refractivity contribution in [1.29, 1.82) is 0 Å². The fourth-order valence-corrected chi connectivity index (χ4v) is 1.99. The van der Waals surface area contributed by atoms with Crippen molar-refractivity contribution in [3.63, 3.8) is 0 Å². The highest BCUT2D eigenvalue weighted by molar-refractivity contribution is 5.08. The minimum Gasteiger partial charge on any atom is -0.327 e. The van der Waals surface area contributed by atoms with Crippen LogP contribution in [0, 0.1) is 5.92 Å². The minimum atomic E-state index is 0.0225. The number of hydrogen-bond acceptors (Lipinski definition) is 4. The van der Waals surface area contributed by atoms with Crippen LogP contribution >= 0.6 is 0 Å². The fraction of sp³-hybridized carbons (Fsp3) is 0.462. The molecule has 2 rings (SSSR count). The molecule has 0 aliphatic carbocycles. The lowest BCUT2D eigenvalue weighted by Gasteiger charge is -2.16. The quantitative estimate of drug-likeness (QED) is 0.871. The summed E-state index contributed by atoms with van der Waals surface area (Å²) < 4.78 is 2.05. The average molecular weight is 245 g/mol. The van der Waals surface area contributed by atoms with Gasteiger partial charge in [0.2, 0.25) is 0 Å². The first kappa shape index (κ1) is 12.7. The number of rotatable bonds is 5. The van der Waals surface area contributed by atoms with Crippen molar-refractivity contribution < 1.29 is 0 Å². The molecule has 0 fully saturated rings. The molecular weight excluding hydrogens is 226 g/mol. The summed E-state index contributed by atoms with van der Waals surface area (Å²) in [7, 11) is 0. The third kappa shape index (κ3) is 3.13. The number of nitrogens with zero attached hydrogens (tertiary/aromatic N) is 4. The maximum Gasteiger partial charge on any atom is 0.115 e. The Morgan fingerprint density at radius 1 is 1.33 bits per heavy atom. The van der Waals surface area contributed by atoms with E-state index in [0.29, 0.717) is 12.5 Å². The SMILES string of the molecule is CC(C)CC(N)c1cncn1Cc1ccncn1. The molecule has 0 aliphatic heterocycles. The Labute approximate surface area is 107 Å². The third-order valence-corrected chi connectivity index (χ3v) is 2.83. The van der Waals surface area contributed by atoms with Crippen LogP contribution < -0.4 is 5.73 Å². The lowest BCUT2D eigenvalue weighted by molar-refractivity contribution is 0.488. The summed E-state index contributed by atoms with van der Waals surface area (Å²) in [5.41, 5.74) is 8.22. The molecule has 1 atom stereocenters. The Morgan fingerprint density at radius 2 is 2.17 bits per heavy atom. The zero-order valence-corrected chi connectivity index (χ0v) is 10.8. The first-order valence-electron chi connectivity index (χ1n) is 6.17. The van der Waals surface area contributed by atoms with Gasteiger partial charge in [-0.05, 0) is 18.4 Å². The van der Waals surface area contributed by atoms with Crippen LogP contribution in [-0.2, 0) is 6.54 Å². The van der Waals surface area contributed by atoms with Gasteiger partial charge in [0, 0.05) is 18.4 Å². The van der Waals surface area contributed by atoms with Crippen LogP contribution in [0.4, 0.5) is 0 Å². The van der Waals surface area contributed by atoms with Crippen molar-refractivity contribution in [2.24, 2.45) is 11.7 Å². The van der Waals surface area contributed by atoms with E-state index in [0.717, 1.165) is 17.8 Å². The largest absolute Gasteiger partial charge is 0.327 e. The molecule has 0 aromatic carbocycles. The van der Waals surface area contributed by atoms with E-state index in [9.17, 15) is 0 Å².